The van der Waals surface area contributed by atoms with Gasteiger partial charge in [0.25, 0.3) is 0 Å². The number of hydrogen-bond donors (Lipinski definition) is 1. The highest BCUT2D eigenvalue weighted by molar-refractivity contribution is 9.10. The van der Waals surface area contributed by atoms with E-state index in [0.29, 0.717) is 13.2 Å². The fourth-order valence-electron chi connectivity index (χ4n) is 2.36. The standard InChI is InChI=1S/C15H16BrNO2S/c1-9-3-4-14(20-9)15(17-2)10-7-12-13(8-11(10)16)19-6-5-18-12/h3-4,7-8,15,17H,5-6H2,1-2H3. The molecule has 20 heavy (non-hydrogen) atoms. The molecule has 1 aromatic heterocycles. The molecule has 2 aromatic rings. The molecule has 106 valence electrons. The Morgan fingerprint density at radius 3 is 2.50 bits per heavy atom. The molecule has 2 heterocycles. The van der Waals surface area contributed by atoms with Gasteiger partial charge in [0.2, 0.25) is 0 Å². The van der Waals surface area contributed by atoms with Gasteiger partial charge >= 0.3 is 0 Å². The lowest BCUT2D eigenvalue weighted by Gasteiger charge is -2.23. The van der Waals surface area contributed by atoms with Gasteiger partial charge in [0.15, 0.2) is 11.5 Å². The van der Waals surface area contributed by atoms with Crippen LogP contribution in [0.15, 0.2) is 28.7 Å². The molecule has 1 aliphatic rings. The Balaban J connectivity index is 2.03. The zero-order valence-electron chi connectivity index (χ0n) is 11.4. The Labute approximate surface area is 131 Å². The SMILES string of the molecule is CNC(c1ccc(C)s1)c1cc2c(cc1Br)OCCO2. The van der Waals surface area contributed by atoms with Crippen molar-refractivity contribution in [1.82, 2.24) is 5.32 Å². The topological polar surface area (TPSA) is 30.5 Å². The van der Waals surface area contributed by atoms with Crippen molar-refractivity contribution in [2.24, 2.45) is 0 Å². The van der Waals surface area contributed by atoms with Gasteiger partial charge in [-0.05, 0) is 43.8 Å². The first-order chi connectivity index (χ1) is 9.69. The van der Waals surface area contributed by atoms with Crippen LogP contribution in [0.2, 0.25) is 0 Å². The number of thiophene rings is 1. The summed E-state index contributed by atoms with van der Waals surface area (Å²) in [5, 5.41) is 3.38. The first-order valence-corrected chi connectivity index (χ1v) is 8.12. The van der Waals surface area contributed by atoms with Crippen LogP contribution >= 0.6 is 27.3 Å². The Bertz CT molecular complexity index is 626. The molecule has 0 spiro atoms. The number of aryl methyl sites for hydroxylation is 1. The molecule has 1 unspecified atom stereocenters. The van der Waals surface area contributed by atoms with Crippen molar-refractivity contribution in [3.8, 4) is 11.5 Å². The van der Waals surface area contributed by atoms with Crippen LogP contribution in [0, 0.1) is 6.92 Å². The summed E-state index contributed by atoms with van der Waals surface area (Å²) in [4.78, 5) is 2.61. The maximum Gasteiger partial charge on any atom is 0.162 e. The van der Waals surface area contributed by atoms with Crippen LogP contribution in [0.3, 0.4) is 0 Å². The molecule has 0 radical (unpaired) electrons. The van der Waals surface area contributed by atoms with Crippen molar-refractivity contribution in [3.05, 3.63) is 44.1 Å². The molecule has 0 fully saturated rings. The van der Waals surface area contributed by atoms with E-state index in [1.54, 1.807) is 11.3 Å². The second-order valence-corrected chi connectivity index (χ2v) is 6.86. The van der Waals surface area contributed by atoms with Crippen molar-refractivity contribution in [2.75, 3.05) is 20.3 Å². The van der Waals surface area contributed by atoms with Gasteiger partial charge in [-0.15, -0.1) is 11.3 Å². The lowest BCUT2D eigenvalue weighted by molar-refractivity contribution is 0.171. The van der Waals surface area contributed by atoms with E-state index >= 15 is 0 Å². The smallest absolute Gasteiger partial charge is 0.162 e. The highest BCUT2D eigenvalue weighted by Crippen LogP contribution is 2.40. The molecule has 1 aromatic carbocycles. The molecular formula is C15H16BrNO2S. The van der Waals surface area contributed by atoms with Gasteiger partial charge in [0.1, 0.15) is 13.2 Å². The molecule has 0 saturated carbocycles. The normalized spacial score (nSPS) is 15.2. The van der Waals surface area contributed by atoms with Crippen LogP contribution in [0.5, 0.6) is 11.5 Å². The largest absolute Gasteiger partial charge is 0.486 e. The summed E-state index contributed by atoms with van der Waals surface area (Å²) < 4.78 is 12.3. The fraction of sp³-hybridized carbons (Fsp3) is 0.333. The van der Waals surface area contributed by atoms with Crippen LogP contribution in [0.4, 0.5) is 0 Å². The number of nitrogens with one attached hydrogen (secondary N) is 1. The van der Waals surface area contributed by atoms with Crippen molar-refractivity contribution < 1.29 is 9.47 Å². The summed E-state index contributed by atoms with van der Waals surface area (Å²) in [6, 6.07) is 8.53. The monoisotopic (exact) mass is 353 g/mol. The molecular weight excluding hydrogens is 338 g/mol. The maximum atomic E-state index is 5.68. The third-order valence-electron chi connectivity index (χ3n) is 3.31. The van der Waals surface area contributed by atoms with Gasteiger partial charge in [0, 0.05) is 14.2 Å². The number of hydrogen-bond acceptors (Lipinski definition) is 4. The van der Waals surface area contributed by atoms with Crippen molar-refractivity contribution in [3.63, 3.8) is 0 Å². The second kappa shape index (κ2) is 5.76. The molecule has 0 bridgehead atoms. The fourth-order valence-corrected chi connectivity index (χ4v) is 3.92. The summed E-state index contributed by atoms with van der Waals surface area (Å²) >= 11 is 5.46. The maximum absolute atomic E-state index is 5.68. The molecule has 0 saturated heterocycles. The predicted octanol–water partition coefficient (Wildman–Crippen LogP) is 3.90. The third-order valence-corrected chi connectivity index (χ3v) is 5.06. The zero-order chi connectivity index (χ0) is 14.1. The van der Waals surface area contributed by atoms with Crippen LogP contribution in [0.25, 0.3) is 0 Å². The Kier molecular flexibility index (Phi) is 4.01. The minimum Gasteiger partial charge on any atom is -0.486 e. The molecule has 1 atom stereocenters. The van der Waals surface area contributed by atoms with Gasteiger partial charge in [0.05, 0.1) is 6.04 Å². The van der Waals surface area contributed by atoms with Crippen molar-refractivity contribution >= 4 is 27.3 Å². The molecule has 5 heteroatoms. The Morgan fingerprint density at radius 1 is 1.20 bits per heavy atom. The summed E-state index contributed by atoms with van der Waals surface area (Å²) in [5.74, 6) is 1.63. The summed E-state index contributed by atoms with van der Waals surface area (Å²) in [5.41, 5.74) is 1.17. The highest BCUT2D eigenvalue weighted by Gasteiger charge is 2.21. The number of benzene rings is 1. The van der Waals surface area contributed by atoms with Gasteiger partial charge in [-0.2, -0.15) is 0 Å². The molecule has 1 N–H and O–H groups in total. The highest BCUT2D eigenvalue weighted by atomic mass is 79.9. The van der Waals surface area contributed by atoms with Crippen LogP contribution < -0.4 is 14.8 Å². The molecule has 1 aliphatic heterocycles. The lowest BCUT2D eigenvalue weighted by Crippen LogP contribution is -2.19. The van der Waals surface area contributed by atoms with Crippen LogP contribution in [-0.2, 0) is 0 Å². The van der Waals surface area contributed by atoms with E-state index in [1.807, 2.05) is 13.1 Å². The molecule has 0 amide bonds. The number of halogens is 1. The number of fused-ring (bicyclic) bond motifs is 1. The lowest BCUT2D eigenvalue weighted by atomic mass is 10.0. The Morgan fingerprint density at radius 2 is 1.90 bits per heavy atom. The minimum atomic E-state index is 0.152. The van der Waals surface area contributed by atoms with Gasteiger partial charge in [-0.3, -0.25) is 0 Å². The summed E-state index contributed by atoms with van der Waals surface area (Å²) in [7, 11) is 1.98. The summed E-state index contributed by atoms with van der Waals surface area (Å²) in [6.07, 6.45) is 0. The average Bonchev–Trinajstić information content (AvgIpc) is 2.86. The first-order valence-electron chi connectivity index (χ1n) is 6.51. The van der Waals surface area contributed by atoms with Crippen molar-refractivity contribution in [2.45, 2.75) is 13.0 Å². The average molecular weight is 354 g/mol. The van der Waals surface area contributed by atoms with E-state index in [9.17, 15) is 0 Å². The van der Waals surface area contributed by atoms with Crippen molar-refractivity contribution in [1.29, 1.82) is 0 Å². The Hall–Kier alpha value is -1.04. The van der Waals surface area contributed by atoms with Crippen LogP contribution in [-0.4, -0.2) is 20.3 Å². The van der Waals surface area contributed by atoms with E-state index in [-0.39, 0.29) is 6.04 Å². The van der Waals surface area contributed by atoms with E-state index in [1.165, 1.54) is 15.3 Å². The quantitative estimate of drug-likeness (QED) is 0.907. The molecule has 0 aliphatic carbocycles. The molecule has 3 rings (SSSR count). The van der Waals surface area contributed by atoms with E-state index in [0.717, 1.165) is 16.0 Å². The zero-order valence-corrected chi connectivity index (χ0v) is 13.8. The first kappa shape index (κ1) is 13.9. The molecule has 3 nitrogen and oxygen atoms in total. The number of rotatable bonds is 3. The second-order valence-electron chi connectivity index (χ2n) is 4.69. The van der Waals surface area contributed by atoms with E-state index in [2.05, 4.69) is 46.4 Å². The minimum absolute atomic E-state index is 0.152. The van der Waals surface area contributed by atoms with Gasteiger partial charge in [-0.1, -0.05) is 15.9 Å². The van der Waals surface area contributed by atoms with Gasteiger partial charge < -0.3 is 14.8 Å². The van der Waals surface area contributed by atoms with Crippen LogP contribution in [0.1, 0.15) is 21.4 Å². The third kappa shape index (κ3) is 2.57. The number of ether oxygens (including phenoxy) is 2. The van der Waals surface area contributed by atoms with Gasteiger partial charge in [-0.25, -0.2) is 0 Å². The van der Waals surface area contributed by atoms with E-state index < -0.39 is 0 Å². The predicted molar refractivity (Wildman–Crippen MR) is 85.1 cm³/mol. The van der Waals surface area contributed by atoms with E-state index in [4.69, 9.17) is 9.47 Å². The summed E-state index contributed by atoms with van der Waals surface area (Å²) in [6.45, 7) is 3.34.